The summed E-state index contributed by atoms with van der Waals surface area (Å²) in [7, 11) is 0.0647. The predicted molar refractivity (Wildman–Crippen MR) is 93.0 cm³/mol. The fourth-order valence-electron chi connectivity index (χ4n) is 2.39. The van der Waals surface area contributed by atoms with Gasteiger partial charge in [-0.3, -0.25) is 4.79 Å². The SMILES string of the molecule is Cc1nn([C@H]2CCS(=O)(=O)C2)c(Cl)c1/C=C/C(=O)OCC(=O)N(C)C. The molecule has 0 aliphatic carbocycles. The van der Waals surface area contributed by atoms with Crippen molar-refractivity contribution in [2.45, 2.75) is 19.4 Å². The number of hydrogen-bond acceptors (Lipinski definition) is 6. The van der Waals surface area contributed by atoms with E-state index in [1.807, 2.05) is 0 Å². The van der Waals surface area contributed by atoms with E-state index in [0.717, 1.165) is 6.08 Å². The van der Waals surface area contributed by atoms with Crippen molar-refractivity contribution in [3.8, 4) is 0 Å². The largest absolute Gasteiger partial charge is 0.452 e. The number of aryl methyl sites for hydroxylation is 1. The zero-order chi connectivity index (χ0) is 18.8. The maximum atomic E-state index is 11.7. The molecule has 8 nitrogen and oxygen atoms in total. The number of carbonyl (C=O) groups is 2. The average molecular weight is 390 g/mol. The van der Waals surface area contributed by atoms with Crippen LogP contribution in [0.25, 0.3) is 6.08 Å². The van der Waals surface area contributed by atoms with E-state index >= 15 is 0 Å². The minimum Gasteiger partial charge on any atom is -0.452 e. The van der Waals surface area contributed by atoms with Gasteiger partial charge < -0.3 is 9.64 Å². The lowest BCUT2D eigenvalue weighted by Gasteiger charge is -2.09. The van der Waals surface area contributed by atoms with Gasteiger partial charge in [-0.1, -0.05) is 11.6 Å². The number of aromatic nitrogens is 2. The average Bonchev–Trinajstić information content (AvgIpc) is 3.02. The van der Waals surface area contributed by atoms with Crippen LogP contribution in [0.5, 0.6) is 0 Å². The standard InChI is InChI=1S/C15H20ClN3O5S/c1-10-12(4-5-14(21)24-8-13(20)18(2)3)15(16)19(17-10)11-6-7-25(22,23)9-11/h4-5,11H,6-9H2,1-3H3/b5-4+/t11-/m0/s1. The second-order valence-corrected chi connectivity index (χ2v) is 8.61. The number of amides is 1. The van der Waals surface area contributed by atoms with E-state index in [9.17, 15) is 18.0 Å². The topological polar surface area (TPSA) is 98.6 Å². The lowest BCUT2D eigenvalue weighted by atomic mass is 10.2. The Morgan fingerprint density at radius 3 is 2.68 bits per heavy atom. The van der Waals surface area contributed by atoms with Gasteiger partial charge in [-0.05, 0) is 19.4 Å². The number of hydrogen-bond donors (Lipinski definition) is 0. The molecule has 0 aromatic carbocycles. The molecule has 1 saturated heterocycles. The molecule has 1 fully saturated rings. The summed E-state index contributed by atoms with van der Waals surface area (Å²) in [5.74, 6) is -0.885. The van der Waals surface area contributed by atoms with E-state index < -0.39 is 15.8 Å². The van der Waals surface area contributed by atoms with Crippen LogP contribution in [-0.4, -0.2) is 67.2 Å². The van der Waals surface area contributed by atoms with Crippen molar-refractivity contribution in [1.82, 2.24) is 14.7 Å². The monoisotopic (exact) mass is 389 g/mol. The molecule has 0 radical (unpaired) electrons. The molecule has 1 amide bonds. The maximum Gasteiger partial charge on any atom is 0.331 e. The lowest BCUT2D eigenvalue weighted by molar-refractivity contribution is -0.146. The van der Waals surface area contributed by atoms with Crippen molar-refractivity contribution in [1.29, 1.82) is 0 Å². The number of esters is 1. The van der Waals surface area contributed by atoms with E-state index in [1.54, 1.807) is 21.0 Å². The highest BCUT2D eigenvalue weighted by Gasteiger charge is 2.31. The number of likely N-dealkylation sites (N-methyl/N-ethyl adjacent to an activating group) is 1. The van der Waals surface area contributed by atoms with Gasteiger partial charge in [0.1, 0.15) is 5.15 Å². The van der Waals surface area contributed by atoms with Gasteiger partial charge in [0.25, 0.3) is 5.91 Å². The quantitative estimate of drug-likeness (QED) is 0.547. The van der Waals surface area contributed by atoms with Crippen LogP contribution in [0.4, 0.5) is 0 Å². The van der Waals surface area contributed by atoms with Gasteiger partial charge in [0.05, 0.1) is 23.2 Å². The molecule has 10 heteroatoms. The van der Waals surface area contributed by atoms with Gasteiger partial charge >= 0.3 is 5.97 Å². The zero-order valence-corrected chi connectivity index (χ0v) is 15.8. The second kappa shape index (κ2) is 7.57. The first-order chi connectivity index (χ1) is 11.6. The Morgan fingerprint density at radius 2 is 2.12 bits per heavy atom. The van der Waals surface area contributed by atoms with Crippen LogP contribution in [0.15, 0.2) is 6.08 Å². The number of sulfone groups is 1. The molecule has 0 spiro atoms. The molecule has 138 valence electrons. The third kappa shape index (κ3) is 4.82. The number of nitrogens with zero attached hydrogens (tertiary/aromatic N) is 3. The zero-order valence-electron chi connectivity index (χ0n) is 14.2. The van der Waals surface area contributed by atoms with Gasteiger partial charge in [-0.15, -0.1) is 0 Å². The van der Waals surface area contributed by atoms with Crippen LogP contribution in [0.1, 0.15) is 23.7 Å². The molecule has 25 heavy (non-hydrogen) atoms. The number of halogens is 1. The summed E-state index contributed by atoms with van der Waals surface area (Å²) in [4.78, 5) is 24.4. The van der Waals surface area contributed by atoms with Crippen LogP contribution < -0.4 is 0 Å². The molecule has 1 aromatic rings. The summed E-state index contributed by atoms with van der Waals surface area (Å²) in [6.45, 7) is 1.37. The molecule has 0 bridgehead atoms. The Balaban J connectivity index is 2.08. The highest BCUT2D eigenvalue weighted by atomic mass is 35.5. The van der Waals surface area contributed by atoms with E-state index in [2.05, 4.69) is 5.10 Å². The van der Waals surface area contributed by atoms with E-state index in [1.165, 1.54) is 15.7 Å². The summed E-state index contributed by atoms with van der Waals surface area (Å²) in [6, 6.07) is -0.303. The van der Waals surface area contributed by atoms with E-state index in [4.69, 9.17) is 16.3 Å². The first-order valence-electron chi connectivity index (χ1n) is 7.60. The molecule has 1 atom stereocenters. The highest BCUT2D eigenvalue weighted by molar-refractivity contribution is 7.91. The van der Waals surface area contributed by atoms with Crippen LogP contribution >= 0.6 is 11.6 Å². The van der Waals surface area contributed by atoms with Crippen molar-refractivity contribution in [2.24, 2.45) is 0 Å². The minimum absolute atomic E-state index is 0.00564. The van der Waals surface area contributed by atoms with Crippen LogP contribution in [-0.2, 0) is 24.2 Å². The Hall–Kier alpha value is -1.87. The third-order valence-electron chi connectivity index (χ3n) is 3.85. The Bertz CT molecular complexity index is 813. The summed E-state index contributed by atoms with van der Waals surface area (Å²) in [5.41, 5.74) is 1.09. The highest BCUT2D eigenvalue weighted by Crippen LogP contribution is 2.30. The Kier molecular flexibility index (Phi) is 5.89. The molecule has 1 aromatic heterocycles. The number of ether oxygens (including phenoxy) is 1. The summed E-state index contributed by atoms with van der Waals surface area (Å²) < 4.78 is 29.6. The maximum absolute atomic E-state index is 11.7. The van der Waals surface area contributed by atoms with Gasteiger partial charge in [-0.2, -0.15) is 5.10 Å². The van der Waals surface area contributed by atoms with E-state index in [-0.39, 0.29) is 35.2 Å². The summed E-state index contributed by atoms with van der Waals surface area (Å²) in [5, 5.41) is 4.56. The third-order valence-corrected chi connectivity index (χ3v) is 5.98. The Labute approximate surface area is 151 Å². The normalized spacial score (nSPS) is 19.3. The molecule has 0 unspecified atom stereocenters. The molecule has 1 aliphatic heterocycles. The molecule has 2 rings (SSSR count). The smallest absolute Gasteiger partial charge is 0.331 e. The van der Waals surface area contributed by atoms with Crippen molar-refractivity contribution in [3.05, 3.63) is 22.5 Å². The molecular weight excluding hydrogens is 370 g/mol. The summed E-state index contributed by atoms with van der Waals surface area (Å²) >= 11 is 6.30. The molecule has 0 N–H and O–H groups in total. The van der Waals surface area contributed by atoms with Crippen LogP contribution in [0.3, 0.4) is 0 Å². The lowest BCUT2D eigenvalue weighted by Crippen LogP contribution is -2.27. The molecular formula is C15H20ClN3O5S. The first-order valence-corrected chi connectivity index (χ1v) is 9.80. The van der Waals surface area contributed by atoms with Gasteiger partial charge in [0.2, 0.25) is 0 Å². The van der Waals surface area contributed by atoms with Crippen molar-refractivity contribution in [2.75, 3.05) is 32.2 Å². The molecule has 2 heterocycles. The van der Waals surface area contributed by atoms with Gasteiger partial charge in [-0.25, -0.2) is 17.9 Å². The molecule has 1 aliphatic rings. The van der Waals surface area contributed by atoms with Gasteiger partial charge in [0, 0.05) is 25.7 Å². The first kappa shape index (κ1) is 19.5. The van der Waals surface area contributed by atoms with Crippen molar-refractivity contribution in [3.63, 3.8) is 0 Å². The second-order valence-electron chi connectivity index (χ2n) is 6.02. The van der Waals surface area contributed by atoms with Gasteiger partial charge in [0.15, 0.2) is 16.4 Å². The summed E-state index contributed by atoms with van der Waals surface area (Å²) in [6.07, 6.45) is 3.07. The number of carbonyl (C=O) groups excluding carboxylic acids is 2. The van der Waals surface area contributed by atoms with Crippen LogP contribution in [0, 0.1) is 6.92 Å². The fourth-order valence-corrected chi connectivity index (χ4v) is 4.46. The molecule has 0 saturated carbocycles. The van der Waals surface area contributed by atoms with Crippen molar-refractivity contribution >= 4 is 39.4 Å². The minimum atomic E-state index is -3.06. The van der Waals surface area contributed by atoms with Crippen molar-refractivity contribution < 1.29 is 22.7 Å². The van der Waals surface area contributed by atoms with E-state index in [0.29, 0.717) is 17.7 Å². The predicted octanol–water partition coefficient (Wildman–Crippen LogP) is 0.849. The Morgan fingerprint density at radius 1 is 1.44 bits per heavy atom. The number of rotatable bonds is 5. The van der Waals surface area contributed by atoms with Crippen LogP contribution in [0.2, 0.25) is 5.15 Å². The fraction of sp³-hybridized carbons (Fsp3) is 0.533.